The smallest absolute Gasteiger partial charge is 0.262 e. The van der Waals surface area contributed by atoms with Gasteiger partial charge in [-0.05, 0) is 54.7 Å². The Balaban J connectivity index is 2.00. The lowest BCUT2D eigenvalue weighted by Crippen LogP contribution is -2.20. The number of carbonyl (C=O) groups excluding carboxylic acids is 1. The maximum Gasteiger partial charge on any atom is 0.262 e. The van der Waals surface area contributed by atoms with Gasteiger partial charge in [-0.1, -0.05) is 32.0 Å². The third kappa shape index (κ3) is 4.49. The molecule has 4 heteroatoms. The Kier molecular flexibility index (Phi) is 5.27. The van der Waals surface area contributed by atoms with Gasteiger partial charge in [0.2, 0.25) is 0 Å². The molecule has 2 N–H and O–H groups in total. The van der Waals surface area contributed by atoms with Crippen LogP contribution in [-0.4, -0.2) is 17.6 Å². The SMILES string of the molecule is Cc1ccc(NC(=O)COc2cc(C(C)C)ccc2C)c(O)c1. The van der Waals surface area contributed by atoms with Crippen molar-refractivity contribution < 1.29 is 14.6 Å². The predicted molar refractivity (Wildman–Crippen MR) is 92.2 cm³/mol. The van der Waals surface area contributed by atoms with E-state index in [2.05, 4.69) is 25.2 Å². The highest BCUT2D eigenvalue weighted by Gasteiger charge is 2.10. The molecule has 0 saturated heterocycles. The molecule has 0 unspecified atom stereocenters. The van der Waals surface area contributed by atoms with Crippen LogP contribution < -0.4 is 10.1 Å². The number of aromatic hydroxyl groups is 1. The van der Waals surface area contributed by atoms with Gasteiger partial charge in [0, 0.05) is 0 Å². The van der Waals surface area contributed by atoms with Crippen molar-refractivity contribution in [3.8, 4) is 11.5 Å². The van der Waals surface area contributed by atoms with E-state index in [1.807, 2.05) is 32.0 Å². The van der Waals surface area contributed by atoms with Crippen LogP contribution in [0.4, 0.5) is 5.69 Å². The summed E-state index contributed by atoms with van der Waals surface area (Å²) in [5, 5.41) is 12.5. The second-order valence-electron chi connectivity index (χ2n) is 6.04. The zero-order chi connectivity index (χ0) is 17.0. The van der Waals surface area contributed by atoms with Crippen LogP contribution in [0.1, 0.15) is 36.5 Å². The van der Waals surface area contributed by atoms with Crippen LogP contribution in [0.5, 0.6) is 11.5 Å². The van der Waals surface area contributed by atoms with Crippen molar-refractivity contribution in [2.75, 3.05) is 11.9 Å². The van der Waals surface area contributed by atoms with E-state index >= 15 is 0 Å². The minimum Gasteiger partial charge on any atom is -0.506 e. The van der Waals surface area contributed by atoms with Crippen molar-refractivity contribution in [3.63, 3.8) is 0 Å². The number of hydrogen-bond donors (Lipinski definition) is 2. The average Bonchev–Trinajstić information content (AvgIpc) is 2.49. The number of benzene rings is 2. The van der Waals surface area contributed by atoms with Gasteiger partial charge in [0.1, 0.15) is 11.5 Å². The van der Waals surface area contributed by atoms with Crippen molar-refractivity contribution in [1.29, 1.82) is 0 Å². The molecule has 23 heavy (non-hydrogen) atoms. The third-order valence-corrected chi connectivity index (χ3v) is 3.66. The number of carbonyl (C=O) groups is 1. The molecule has 0 atom stereocenters. The van der Waals surface area contributed by atoms with Crippen LogP contribution in [0.25, 0.3) is 0 Å². The van der Waals surface area contributed by atoms with Gasteiger partial charge in [0.05, 0.1) is 5.69 Å². The number of rotatable bonds is 5. The highest BCUT2D eigenvalue weighted by atomic mass is 16.5. The molecule has 122 valence electrons. The first kappa shape index (κ1) is 16.9. The number of ether oxygens (including phenoxy) is 1. The molecule has 0 spiro atoms. The maximum absolute atomic E-state index is 12.0. The molecule has 0 aromatic heterocycles. The van der Waals surface area contributed by atoms with Crippen LogP contribution in [-0.2, 0) is 4.79 Å². The molecule has 0 bridgehead atoms. The zero-order valence-electron chi connectivity index (χ0n) is 14.0. The molecule has 0 aliphatic carbocycles. The molecule has 4 nitrogen and oxygen atoms in total. The topological polar surface area (TPSA) is 58.6 Å². The molecule has 2 aromatic carbocycles. The fraction of sp³-hybridized carbons (Fsp3) is 0.316. The van der Waals surface area contributed by atoms with Crippen molar-refractivity contribution in [2.24, 2.45) is 0 Å². The van der Waals surface area contributed by atoms with Gasteiger partial charge in [0.15, 0.2) is 6.61 Å². The molecular weight excluding hydrogens is 290 g/mol. The second-order valence-corrected chi connectivity index (χ2v) is 6.04. The minimum absolute atomic E-state index is 0.0522. The summed E-state index contributed by atoms with van der Waals surface area (Å²) in [6, 6.07) is 11.1. The van der Waals surface area contributed by atoms with Gasteiger partial charge in [0.25, 0.3) is 5.91 Å². The third-order valence-electron chi connectivity index (χ3n) is 3.66. The normalized spacial score (nSPS) is 10.7. The molecule has 0 heterocycles. The Bertz CT molecular complexity index is 708. The molecule has 0 fully saturated rings. The summed E-state index contributed by atoms with van der Waals surface area (Å²) in [4.78, 5) is 12.0. The Morgan fingerprint density at radius 3 is 2.57 bits per heavy atom. The van der Waals surface area contributed by atoms with E-state index in [0.29, 0.717) is 17.4 Å². The second kappa shape index (κ2) is 7.18. The van der Waals surface area contributed by atoms with E-state index in [1.165, 1.54) is 5.56 Å². The Morgan fingerprint density at radius 1 is 1.17 bits per heavy atom. The fourth-order valence-corrected chi connectivity index (χ4v) is 2.21. The summed E-state index contributed by atoms with van der Waals surface area (Å²) in [5.41, 5.74) is 3.47. The van der Waals surface area contributed by atoms with Gasteiger partial charge >= 0.3 is 0 Å². The first-order chi connectivity index (χ1) is 10.9. The molecule has 0 aliphatic heterocycles. The monoisotopic (exact) mass is 313 g/mol. The summed E-state index contributed by atoms with van der Waals surface area (Å²) < 4.78 is 5.63. The number of aryl methyl sites for hydroxylation is 2. The number of phenols is 1. The van der Waals surface area contributed by atoms with Gasteiger partial charge < -0.3 is 15.2 Å². The lowest BCUT2D eigenvalue weighted by Gasteiger charge is -2.13. The number of amides is 1. The summed E-state index contributed by atoms with van der Waals surface area (Å²) in [7, 11) is 0. The number of phenolic OH excluding ortho intramolecular Hbond substituents is 1. The highest BCUT2D eigenvalue weighted by molar-refractivity contribution is 5.93. The maximum atomic E-state index is 12.0. The number of anilines is 1. The standard InChI is InChI=1S/C19H23NO3/c1-12(2)15-7-6-14(4)18(10-15)23-11-19(22)20-16-8-5-13(3)9-17(16)21/h5-10,12,21H,11H2,1-4H3,(H,20,22). The molecule has 1 amide bonds. The van der Waals surface area contributed by atoms with Crippen molar-refractivity contribution >= 4 is 11.6 Å². The highest BCUT2D eigenvalue weighted by Crippen LogP contribution is 2.25. The molecule has 2 rings (SSSR count). The van der Waals surface area contributed by atoms with E-state index in [0.717, 1.165) is 11.1 Å². The van der Waals surface area contributed by atoms with E-state index < -0.39 is 0 Å². The summed E-state index contributed by atoms with van der Waals surface area (Å²) in [5.74, 6) is 0.852. The van der Waals surface area contributed by atoms with E-state index in [1.54, 1.807) is 12.1 Å². The zero-order valence-corrected chi connectivity index (χ0v) is 14.0. The quantitative estimate of drug-likeness (QED) is 0.815. The van der Waals surface area contributed by atoms with Crippen LogP contribution in [0.15, 0.2) is 36.4 Å². The van der Waals surface area contributed by atoms with Crippen molar-refractivity contribution in [2.45, 2.75) is 33.6 Å². The molecular formula is C19H23NO3. The largest absolute Gasteiger partial charge is 0.506 e. The van der Waals surface area contributed by atoms with Gasteiger partial charge in [-0.25, -0.2) is 0 Å². The van der Waals surface area contributed by atoms with Crippen LogP contribution in [0.2, 0.25) is 0 Å². The fourth-order valence-electron chi connectivity index (χ4n) is 2.21. The van der Waals surface area contributed by atoms with Crippen LogP contribution in [0, 0.1) is 13.8 Å². The summed E-state index contributed by atoms with van der Waals surface area (Å²) in [6.07, 6.45) is 0. The van der Waals surface area contributed by atoms with E-state index in [-0.39, 0.29) is 18.3 Å². The Morgan fingerprint density at radius 2 is 1.91 bits per heavy atom. The first-order valence-electron chi connectivity index (χ1n) is 7.69. The number of hydrogen-bond acceptors (Lipinski definition) is 3. The first-order valence-corrected chi connectivity index (χ1v) is 7.69. The number of nitrogens with one attached hydrogen (secondary N) is 1. The average molecular weight is 313 g/mol. The molecule has 0 saturated carbocycles. The molecule has 2 aromatic rings. The lowest BCUT2D eigenvalue weighted by atomic mass is 10.0. The van der Waals surface area contributed by atoms with Crippen LogP contribution in [0.3, 0.4) is 0 Å². The van der Waals surface area contributed by atoms with Gasteiger partial charge in [-0.2, -0.15) is 0 Å². The Labute approximate surface area is 137 Å². The van der Waals surface area contributed by atoms with E-state index in [4.69, 9.17) is 4.74 Å². The van der Waals surface area contributed by atoms with Gasteiger partial charge in [-0.3, -0.25) is 4.79 Å². The van der Waals surface area contributed by atoms with Crippen LogP contribution >= 0.6 is 0 Å². The Hall–Kier alpha value is -2.49. The molecule has 0 radical (unpaired) electrons. The van der Waals surface area contributed by atoms with E-state index in [9.17, 15) is 9.90 Å². The lowest BCUT2D eigenvalue weighted by molar-refractivity contribution is -0.118. The predicted octanol–water partition coefficient (Wildman–Crippen LogP) is 4.15. The summed E-state index contributed by atoms with van der Waals surface area (Å²) in [6.45, 7) is 7.94. The summed E-state index contributed by atoms with van der Waals surface area (Å²) >= 11 is 0. The minimum atomic E-state index is -0.307. The van der Waals surface area contributed by atoms with Crippen molar-refractivity contribution in [1.82, 2.24) is 0 Å². The van der Waals surface area contributed by atoms with Crippen molar-refractivity contribution in [3.05, 3.63) is 53.1 Å². The van der Waals surface area contributed by atoms with Gasteiger partial charge in [-0.15, -0.1) is 0 Å². The molecule has 0 aliphatic rings.